The Balaban J connectivity index is 2.73. The lowest BCUT2D eigenvalue weighted by atomic mass is 10.0. The molecule has 0 saturated carbocycles. The molecule has 15 heavy (non-hydrogen) atoms. The molecule has 1 N–H and O–H groups in total. The van der Waals surface area contributed by atoms with E-state index in [1.807, 2.05) is 13.8 Å². The number of nitrogens with one attached hydrogen (secondary N) is 1. The van der Waals surface area contributed by atoms with Crippen LogP contribution in [0.2, 0.25) is 0 Å². The number of aromatic nitrogens is 2. The zero-order valence-electron chi connectivity index (χ0n) is 8.54. The van der Waals surface area contributed by atoms with Crippen molar-refractivity contribution in [1.82, 2.24) is 9.97 Å². The van der Waals surface area contributed by atoms with Crippen LogP contribution in [0.5, 0.6) is 0 Å². The highest BCUT2D eigenvalue weighted by Gasteiger charge is 2.12. The predicted molar refractivity (Wildman–Crippen MR) is 55.5 cm³/mol. The third kappa shape index (κ3) is 1.75. The van der Waals surface area contributed by atoms with Crippen molar-refractivity contribution in [3.63, 3.8) is 0 Å². The van der Waals surface area contributed by atoms with Gasteiger partial charge in [0.1, 0.15) is 5.82 Å². The highest BCUT2D eigenvalue weighted by Crippen LogP contribution is 2.19. The summed E-state index contributed by atoms with van der Waals surface area (Å²) in [6, 6.07) is 4.68. The Kier molecular flexibility index (Phi) is 2.26. The third-order valence-electron chi connectivity index (χ3n) is 2.31. The summed E-state index contributed by atoms with van der Waals surface area (Å²) in [5.41, 5.74) is 1.11. The molecule has 0 unspecified atom stereocenters. The number of fused-ring (bicyclic) bond motifs is 1. The van der Waals surface area contributed by atoms with Crippen molar-refractivity contribution in [3.05, 3.63) is 40.1 Å². The van der Waals surface area contributed by atoms with Crippen LogP contribution in [0, 0.1) is 5.95 Å². The largest absolute Gasteiger partial charge is 0.316 e. The number of nitrogens with zero attached hydrogens (tertiary/aromatic N) is 1. The lowest BCUT2D eigenvalue weighted by Crippen LogP contribution is -2.16. The minimum atomic E-state index is -0.494. The lowest BCUT2D eigenvalue weighted by Gasteiger charge is -2.08. The fourth-order valence-electron chi connectivity index (χ4n) is 1.49. The molecular formula is C11H11FN2O. The number of rotatable bonds is 1. The first-order valence-electron chi connectivity index (χ1n) is 4.77. The summed E-state index contributed by atoms with van der Waals surface area (Å²) in [4.78, 5) is 17.8. The van der Waals surface area contributed by atoms with Gasteiger partial charge in [-0.2, -0.15) is 9.37 Å². The Morgan fingerprint density at radius 3 is 2.80 bits per heavy atom. The van der Waals surface area contributed by atoms with Crippen molar-refractivity contribution in [1.29, 1.82) is 0 Å². The first-order valence-corrected chi connectivity index (χ1v) is 4.77. The van der Waals surface area contributed by atoms with Crippen LogP contribution in [-0.2, 0) is 0 Å². The van der Waals surface area contributed by atoms with E-state index in [4.69, 9.17) is 0 Å². The molecule has 3 nitrogen and oxygen atoms in total. The summed E-state index contributed by atoms with van der Waals surface area (Å²) in [6.45, 7) is 3.86. The van der Waals surface area contributed by atoms with Crippen LogP contribution in [0.15, 0.2) is 23.0 Å². The molecule has 0 radical (unpaired) electrons. The van der Waals surface area contributed by atoms with Crippen LogP contribution < -0.4 is 5.56 Å². The van der Waals surface area contributed by atoms with Crippen LogP contribution in [0.4, 0.5) is 4.39 Å². The fourth-order valence-corrected chi connectivity index (χ4v) is 1.49. The molecule has 0 bridgehead atoms. The SMILES string of the molecule is CC(C)c1cc2ccc(F)[nH]c-2nc1=O. The molecule has 2 heterocycles. The molecule has 0 amide bonds. The Morgan fingerprint density at radius 1 is 1.40 bits per heavy atom. The van der Waals surface area contributed by atoms with Crippen LogP contribution >= 0.6 is 0 Å². The molecule has 78 valence electrons. The van der Waals surface area contributed by atoms with Crippen LogP contribution in [0.1, 0.15) is 25.3 Å². The quantitative estimate of drug-likeness (QED) is 0.726. The summed E-state index contributed by atoms with van der Waals surface area (Å²) < 4.78 is 12.8. The summed E-state index contributed by atoms with van der Waals surface area (Å²) in [6.07, 6.45) is 0. The number of H-pyrrole nitrogens is 1. The molecule has 0 spiro atoms. The van der Waals surface area contributed by atoms with Gasteiger partial charge < -0.3 is 4.98 Å². The standard InChI is InChI=1S/C11H11FN2O/c1-6(2)8-5-7-3-4-9(12)13-10(7)14-11(8)15/h3-6H,1-2H3,(H,13,14,15). The van der Waals surface area contributed by atoms with Gasteiger partial charge in [-0.05, 0) is 24.1 Å². The van der Waals surface area contributed by atoms with Gasteiger partial charge in [-0.25, -0.2) is 0 Å². The van der Waals surface area contributed by atoms with Crippen molar-refractivity contribution in [2.45, 2.75) is 19.8 Å². The molecule has 0 atom stereocenters. The van der Waals surface area contributed by atoms with Gasteiger partial charge >= 0.3 is 0 Å². The Bertz CT molecular complexity index is 519. The van der Waals surface area contributed by atoms with E-state index in [9.17, 15) is 9.18 Å². The van der Waals surface area contributed by atoms with E-state index in [0.29, 0.717) is 11.4 Å². The first-order chi connectivity index (χ1) is 7.08. The number of hydrogen-bond donors (Lipinski definition) is 1. The normalized spacial score (nSPS) is 11.2. The summed E-state index contributed by atoms with van der Waals surface area (Å²) in [7, 11) is 0. The van der Waals surface area contributed by atoms with E-state index in [2.05, 4.69) is 9.97 Å². The molecule has 2 aliphatic rings. The minimum Gasteiger partial charge on any atom is -0.316 e. The summed E-state index contributed by atoms with van der Waals surface area (Å²) in [5, 5.41) is 0. The monoisotopic (exact) mass is 206 g/mol. The average Bonchev–Trinajstić information content (AvgIpc) is 2.15. The van der Waals surface area contributed by atoms with Crippen molar-refractivity contribution in [2.75, 3.05) is 0 Å². The Morgan fingerprint density at radius 2 is 2.13 bits per heavy atom. The van der Waals surface area contributed by atoms with E-state index in [1.54, 1.807) is 12.1 Å². The van der Waals surface area contributed by atoms with Crippen LogP contribution in [0.25, 0.3) is 11.4 Å². The van der Waals surface area contributed by atoms with E-state index in [0.717, 1.165) is 5.56 Å². The third-order valence-corrected chi connectivity index (χ3v) is 2.31. The van der Waals surface area contributed by atoms with Gasteiger partial charge in [-0.3, -0.25) is 4.79 Å². The van der Waals surface area contributed by atoms with Gasteiger partial charge in [-0.15, -0.1) is 0 Å². The number of pyridine rings is 2. The van der Waals surface area contributed by atoms with Gasteiger partial charge in [0, 0.05) is 11.1 Å². The van der Waals surface area contributed by atoms with E-state index < -0.39 is 5.95 Å². The molecule has 4 heteroatoms. The average molecular weight is 206 g/mol. The van der Waals surface area contributed by atoms with Gasteiger partial charge in [0.25, 0.3) is 5.56 Å². The lowest BCUT2D eigenvalue weighted by molar-refractivity contribution is 0.583. The van der Waals surface area contributed by atoms with E-state index in [-0.39, 0.29) is 11.5 Å². The predicted octanol–water partition coefficient (Wildman–Crippen LogP) is 2.14. The molecule has 0 aromatic rings. The zero-order chi connectivity index (χ0) is 11.0. The molecule has 0 aliphatic carbocycles. The molecule has 2 rings (SSSR count). The number of hydrogen-bond acceptors (Lipinski definition) is 2. The Labute approximate surface area is 86.3 Å². The van der Waals surface area contributed by atoms with Gasteiger partial charge in [0.05, 0.1) is 0 Å². The highest BCUT2D eigenvalue weighted by molar-refractivity contribution is 5.56. The fraction of sp³-hybridized carbons (Fsp3) is 0.273. The van der Waals surface area contributed by atoms with E-state index >= 15 is 0 Å². The summed E-state index contributed by atoms with van der Waals surface area (Å²) in [5.74, 6) is -0.0736. The van der Waals surface area contributed by atoms with Crippen molar-refractivity contribution in [2.24, 2.45) is 0 Å². The molecule has 0 fully saturated rings. The first kappa shape index (κ1) is 9.83. The van der Waals surface area contributed by atoms with Gasteiger partial charge in [0.15, 0.2) is 5.95 Å². The van der Waals surface area contributed by atoms with E-state index in [1.165, 1.54) is 6.07 Å². The van der Waals surface area contributed by atoms with Crippen molar-refractivity contribution < 1.29 is 4.39 Å². The van der Waals surface area contributed by atoms with Gasteiger partial charge in [0.2, 0.25) is 0 Å². The number of aromatic amines is 1. The second-order valence-electron chi connectivity index (χ2n) is 3.78. The highest BCUT2D eigenvalue weighted by atomic mass is 19.1. The molecule has 0 saturated heterocycles. The second kappa shape index (κ2) is 3.46. The van der Waals surface area contributed by atoms with Crippen LogP contribution in [-0.4, -0.2) is 9.97 Å². The maximum atomic E-state index is 12.8. The Hall–Kier alpha value is -1.71. The van der Waals surface area contributed by atoms with Crippen molar-refractivity contribution in [3.8, 4) is 11.4 Å². The molecule has 0 aromatic carbocycles. The number of halogens is 1. The smallest absolute Gasteiger partial charge is 0.275 e. The maximum Gasteiger partial charge on any atom is 0.275 e. The molecule has 0 aromatic heterocycles. The minimum absolute atomic E-state index is 0.124. The van der Waals surface area contributed by atoms with Crippen LogP contribution in [0.3, 0.4) is 0 Å². The second-order valence-corrected chi connectivity index (χ2v) is 3.78. The maximum absolute atomic E-state index is 12.8. The van der Waals surface area contributed by atoms with Gasteiger partial charge in [-0.1, -0.05) is 13.8 Å². The summed E-state index contributed by atoms with van der Waals surface area (Å²) >= 11 is 0. The molecular weight excluding hydrogens is 195 g/mol. The molecule has 2 aliphatic heterocycles. The zero-order valence-corrected chi connectivity index (χ0v) is 8.54. The topological polar surface area (TPSA) is 45.8 Å². The van der Waals surface area contributed by atoms with Crippen molar-refractivity contribution >= 4 is 0 Å².